The fraction of sp³-hybridized carbons (Fsp3) is 0.176. The summed E-state index contributed by atoms with van der Waals surface area (Å²) in [4.78, 5) is 24.0. The van der Waals surface area contributed by atoms with Gasteiger partial charge >= 0.3 is 0 Å². The number of carbonyl (C=O) groups excluding carboxylic acids is 2. The first-order chi connectivity index (χ1) is 11.0. The predicted molar refractivity (Wildman–Crippen MR) is 96.3 cm³/mol. The lowest BCUT2D eigenvalue weighted by Gasteiger charge is -2.10. The molecule has 0 fully saturated rings. The minimum atomic E-state index is -0.389. The summed E-state index contributed by atoms with van der Waals surface area (Å²) < 4.78 is 6.46. The SMILES string of the molecule is CC(C)Oc1ccc(C(=O)NNC(=O)c2cccc(I)c2)cc1. The van der Waals surface area contributed by atoms with E-state index in [4.69, 9.17) is 4.74 Å². The zero-order valence-electron chi connectivity index (χ0n) is 12.8. The average molecular weight is 424 g/mol. The van der Waals surface area contributed by atoms with Gasteiger partial charge in [0, 0.05) is 14.7 Å². The minimum absolute atomic E-state index is 0.0719. The Kier molecular flexibility index (Phi) is 5.97. The second-order valence-corrected chi connectivity index (χ2v) is 6.36. The van der Waals surface area contributed by atoms with Gasteiger partial charge in [-0.2, -0.15) is 0 Å². The second-order valence-electron chi connectivity index (χ2n) is 5.11. The molecule has 2 amide bonds. The topological polar surface area (TPSA) is 67.4 Å². The largest absolute Gasteiger partial charge is 0.491 e. The van der Waals surface area contributed by atoms with Gasteiger partial charge in [0.1, 0.15) is 5.75 Å². The van der Waals surface area contributed by atoms with E-state index in [1.807, 2.05) is 19.9 Å². The van der Waals surface area contributed by atoms with Gasteiger partial charge in [0.15, 0.2) is 0 Å². The van der Waals surface area contributed by atoms with Crippen LogP contribution in [0.3, 0.4) is 0 Å². The Morgan fingerprint density at radius 2 is 1.57 bits per heavy atom. The molecule has 0 saturated heterocycles. The van der Waals surface area contributed by atoms with Crippen LogP contribution in [0.25, 0.3) is 0 Å². The molecule has 120 valence electrons. The molecule has 0 unspecified atom stereocenters. The van der Waals surface area contributed by atoms with Gasteiger partial charge in [0.05, 0.1) is 6.10 Å². The van der Waals surface area contributed by atoms with E-state index in [0.29, 0.717) is 16.9 Å². The number of ether oxygens (including phenoxy) is 1. The lowest BCUT2D eigenvalue weighted by Crippen LogP contribution is -2.41. The van der Waals surface area contributed by atoms with Gasteiger partial charge in [0.2, 0.25) is 0 Å². The average Bonchev–Trinajstić information content (AvgIpc) is 2.52. The molecule has 6 heteroatoms. The molecule has 0 bridgehead atoms. The van der Waals surface area contributed by atoms with E-state index in [1.54, 1.807) is 42.5 Å². The number of amides is 2. The van der Waals surface area contributed by atoms with E-state index in [-0.39, 0.29) is 17.9 Å². The van der Waals surface area contributed by atoms with Crippen molar-refractivity contribution in [3.05, 3.63) is 63.2 Å². The van der Waals surface area contributed by atoms with Crippen molar-refractivity contribution in [2.24, 2.45) is 0 Å². The third-order valence-corrected chi connectivity index (χ3v) is 3.54. The summed E-state index contributed by atoms with van der Waals surface area (Å²) in [6.45, 7) is 3.86. The maximum Gasteiger partial charge on any atom is 0.269 e. The molecule has 2 aromatic carbocycles. The van der Waals surface area contributed by atoms with E-state index in [1.165, 1.54) is 0 Å². The first-order valence-electron chi connectivity index (χ1n) is 7.08. The fourth-order valence-electron chi connectivity index (χ4n) is 1.84. The lowest BCUT2D eigenvalue weighted by molar-refractivity contribution is 0.0846. The Morgan fingerprint density at radius 1 is 0.957 bits per heavy atom. The highest BCUT2D eigenvalue weighted by Crippen LogP contribution is 2.13. The quantitative estimate of drug-likeness (QED) is 0.586. The van der Waals surface area contributed by atoms with Gasteiger partial charge in [-0.25, -0.2) is 0 Å². The van der Waals surface area contributed by atoms with Crippen LogP contribution in [-0.2, 0) is 0 Å². The van der Waals surface area contributed by atoms with Crippen LogP contribution >= 0.6 is 22.6 Å². The standard InChI is InChI=1S/C17H17IN2O3/c1-11(2)23-15-8-6-12(7-9-15)16(21)19-20-17(22)13-4-3-5-14(18)10-13/h3-11H,1-2H3,(H,19,21)(H,20,22). The predicted octanol–water partition coefficient (Wildman–Crippen LogP) is 3.15. The molecule has 2 N–H and O–H groups in total. The molecule has 2 aromatic rings. The molecule has 0 aromatic heterocycles. The lowest BCUT2D eigenvalue weighted by atomic mass is 10.2. The van der Waals surface area contributed by atoms with Crippen molar-refractivity contribution in [3.8, 4) is 5.75 Å². The zero-order valence-corrected chi connectivity index (χ0v) is 15.0. The molecule has 0 heterocycles. The number of hydrogen-bond donors (Lipinski definition) is 2. The van der Waals surface area contributed by atoms with Gasteiger partial charge in [-0.15, -0.1) is 0 Å². The molecular formula is C17H17IN2O3. The Bertz CT molecular complexity index is 699. The smallest absolute Gasteiger partial charge is 0.269 e. The molecule has 0 aliphatic carbocycles. The molecule has 0 saturated carbocycles. The Morgan fingerprint density at radius 3 is 2.13 bits per heavy atom. The number of hydrazine groups is 1. The van der Waals surface area contributed by atoms with Gasteiger partial charge in [-0.05, 0) is 78.9 Å². The Hall–Kier alpha value is -2.09. The zero-order chi connectivity index (χ0) is 16.8. The molecule has 0 aliphatic rings. The monoisotopic (exact) mass is 424 g/mol. The van der Waals surface area contributed by atoms with Gasteiger partial charge in [-0.3, -0.25) is 20.4 Å². The van der Waals surface area contributed by atoms with Crippen molar-refractivity contribution < 1.29 is 14.3 Å². The van der Waals surface area contributed by atoms with E-state index < -0.39 is 0 Å². The molecule has 0 radical (unpaired) electrons. The fourth-order valence-corrected chi connectivity index (χ4v) is 2.39. The van der Waals surface area contributed by atoms with Crippen LogP contribution in [0.15, 0.2) is 48.5 Å². The Balaban J connectivity index is 1.93. The normalized spacial score (nSPS) is 10.3. The van der Waals surface area contributed by atoms with Crippen molar-refractivity contribution in [2.45, 2.75) is 20.0 Å². The molecular weight excluding hydrogens is 407 g/mol. The van der Waals surface area contributed by atoms with Gasteiger partial charge < -0.3 is 4.74 Å². The van der Waals surface area contributed by atoms with Crippen LogP contribution in [0.2, 0.25) is 0 Å². The number of benzene rings is 2. The summed E-state index contributed by atoms with van der Waals surface area (Å²) >= 11 is 2.12. The number of halogens is 1. The van der Waals surface area contributed by atoms with Crippen molar-refractivity contribution in [2.75, 3.05) is 0 Å². The molecule has 0 aliphatic heterocycles. The summed E-state index contributed by atoms with van der Waals surface area (Å²) in [6, 6.07) is 13.8. The van der Waals surface area contributed by atoms with Crippen LogP contribution in [0.5, 0.6) is 5.75 Å². The highest BCUT2D eigenvalue weighted by atomic mass is 127. The minimum Gasteiger partial charge on any atom is -0.491 e. The van der Waals surface area contributed by atoms with Crippen molar-refractivity contribution >= 4 is 34.4 Å². The third kappa shape index (κ3) is 5.24. The van der Waals surface area contributed by atoms with Gasteiger partial charge in [0.25, 0.3) is 11.8 Å². The molecule has 0 spiro atoms. The van der Waals surface area contributed by atoms with E-state index in [9.17, 15) is 9.59 Å². The van der Waals surface area contributed by atoms with E-state index in [0.717, 1.165) is 3.57 Å². The molecule has 0 atom stereocenters. The van der Waals surface area contributed by atoms with Crippen molar-refractivity contribution in [1.82, 2.24) is 10.9 Å². The van der Waals surface area contributed by atoms with Crippen LogP contribution in [0, 0.1) is 3.57 Å². The molecule has 23 heavy (non-hydrogen) atoms. The third-order valence-electron chi connectivity index (χ3n) is 2.86. The maximum atomic E-state index is 12.0. The van der Waals surface area contributed by atoms with E-state index >= 15 is 0 Å². The maximum absolute atomic E-state index is 12.0. The Labute approximate surface area is 148 Å². The summed E-state index contributed by atoms with van der Waals surface area (Å²) in [6.07, 6.45) is 0.0719. The van der Waals surface area contributed by atoms with Crippen LogP contribution in [-0.4, -0.2) is 17.9 Å². The van der Waals surface area contributed by atoms with Crippen LogP contribution in [0.1, 0.15) is 34.6 Å². The van der Waals surface area contributed by atoms with Crippen LogP contribution < -0.4 is 15.6 Å². The molecule has 2 rings (SSSR count). The molecule has 5 nitrogen and oxygen atoms in total. The summed E-state index contributed by atoms with van der Waals surface area (Å²) in [5.74, 6) is -0.0591. The summed E-state index contributed by atoms with van der Waals surface area (Å²) in [5, 5.41) is 0. The van der Waals surface area contributed by atoms with Crippen molar-refractivity contribution in [3.63, 3.8) is 0 Å². The van der Waals surface area contributed by atoms with Crippen molar-refractivity contribution in [1.29, 1.82) is 0 Å². The highest BCUT2D eigenvalue weighted by Gasteiger charge is 2.09. The van der Waals surface area contributed by atoms with Gasteiger partial charge in [-0.1, -0.05) is 6.07 Å². The number of rotatable bonds is 4. The highest BCUT2D eigenvalue weighted by molar-refractivity contribution is 14.1. The first kappa shape index (κ1) is 17.3. The summed E-state index contributed by atoms with van der Waals surface area (Å²) in [7, 11) is 0. The summed E-state index contributed by atoms with van der Waals surface area (Å²) in [5.41, 5.74) is 5.71. The first-order valence-corrected chi connectivity index (χ1v) is 8.16. The van der Waals surface area contributed by atoms with E-state index in [2.05, 4.69) is 33.4 Å². The second kappa shape index (κ2) is 7.96. The number of carbonyl (C=O) groups is 2. The van der Waals surface area contributed by atoms with Crippen LogP contribution in [0.4, 0.5) is 0 Å². The number of nitrogens with one attached hydrogen (secondary N) is 2. The number of hydrogen-bond acceptors (Lipinski definition) is 3.